The van der Waals surface area contributed by atoms with E-state index in [2.05, 4.69) is 24.5 Å². The highest BCUT2D eigenvalue weighted by molar-refractivity contribution is 5.85. The molecule has 98 valence electrons. The molecule has 0 aliphatic rings. The molecule has 0 aromatic carbocycles. The number of carbonyl (C=O) groups excluding carboxylic acids is 1. The van der Waals surface area contributed by atoms with E-state index >= 15 is 0 Å². The maximum Gasteiger partial charge on any atom is 0.234 e. The number of rotatable bonds is 8. The molecule has 0 aromatic rings. The molecule has 5 heteroatoms. The van der Waals surface area contributed by atoms with Crippen LogP contribution in [0.3, 0.4) is 0 Å². The van der Waals surface area contributed by atoms with Crippen molar-refractivity contribution in [2.24, 2.45) is 5.92 Å². The van der Waals surface area contributed by atoms with E-state index in [9.17, 15) is 4.79 Å². The SMILES string of the molecule is CCC(C)C(C)NC(=O)CNCCOC.Cl. The molecule has 0 spiro atoms. The molecule has 0 saturated carbocycles. The minimum Gasteiger partial charge on any atom is -0.383 e. The third-order valence-corrected chi connectivity index (χ3v) is 2.65. The van der Waals surface area contributed by atoms with Crippen molar-refractivity contribution in [1.29, 1.82) is 0 Å². The normalized spacial score (nSPS) is 13.8. The van der Waals surface area contributed by atoms with Gasteiger partial charge in [-0.2, -0.15) is 0 Å². The Hall–Kier alpha value is -0.320. The summed E-state index contributed by atoms with van der Waals surface area (Å²) in [7, 11) is 1.65. The molecule has 0 bridgehead atoms. The summed E-state index contributed by atoms with van der Waals surface area (Å²) in [6, 6.07) is 0.242. The molecule has 0 radical (unpaired) electrons. The zero-order chi connectivity index (χ0) is 11.7. The Morgan fingerprint density at radius 2 is 2.00 bits per heavy atom. The van der Waals surface area contributed by atoms with Crippen molar-refractivity contribution in [2.45, 2.75) is 33.2 Å². The fourth-order valence-electron chi connectivity index (χ4n) is 1.18. The second kappa shape index (κ2) is 11.2. The lowest BCUT2D eigenvalue weighted by molar-refractivity contribution is -0.121. The van der Waals surface area contributed by atoms with E-state index in [-0.39, 0.29) is 24.4 Å². The molecule has 16 heavy (non-hydrogen) atoms. The summed E-state index contributed by atoms with van der Waals surface area (Å²) in [4.78, 5) is 11.4. The second-order valence-electron chi connectivity index (χ2n) is 3.91. The lowest BCUT2D eigenvalue weighted by Crippen LogP contribution is -2.42. The van der Waals surface area contributed by atoms with Gasteiger partial charge >= 0.3 is 0 Å². The summed E-state index contributed by atoms with van der Waals surface area (Å²) < 4.78 is 4.87. The Labute approximate surface area is 105 Å². The molecule has 0 rings (SSSR count). The van der Waals surface area contributed by atoms with Gasteiger partial charge in [-0.15, -0.1) is 12.4 Å². The van der Waals surface area contributed by atoms with Crippen LogP contribution in [0.15, 0.2) is 0 Å². The van der Waals surface area contributed by atoms with Crippen LogP contribution in [0.4, 0.5) is 0 Å². The van der Waals surface area contributed by atoms with Gasteiger partial charge in [0.1, 0.15) is 0 Å². The number of hydrogen-bond donors (Lipinski definition) is 2. The predicted octanol–water partition coefficient (Wildman–Crippen LogP) is 1.19. The van der Waals surface area contributed by atoms with Gasteiger partial charge in [0.2, 0.25) is 5.91 Å². The average Bonchev–Trinajstić information content (AvgIpc) is 2.23. The number of methoxy groups -OCH3 is 1. The third kappa shape index (κ3) is 8.95. The number of nitrogens with one attached hydrogen (secondary N) is 2. The zero-order valence-corrected chi connectivity index (χ0v) is 11.5. The van der Waals surface area contributed by atoms with E-state index < -0.39 is 0 Å². The molecular formula is C11H25ClN2O2. The minimum absolute atomic E-state index is 0. The van der Waals surface area contributed by atoms with Gasteiger partial charge in [0.15, 0.2) is 0 Å². The Bertz CT molecular complexity index is 179. The standard InChI is InChI=1S/C11H24N2O2.ClH/c1-5-9(2)10(3)13-11(14)8-12-6-7-15-4;/h9-10,12H,5-8H2,1-4H3,(H,13,14);1H. The summed E-state index contributed by atoms with van der Waals surface area (Å²) in [5.41, 5.74) is 0. The molecule has 0 aliphatic heterocycles. The van der Waals surface area contributed by atoms with Crippen molar-refractivity contribution in [2.75, 3.05) is 26.8 Å². The molecule has 0 fully saturated rings. The van der Waals surface area contributed by atoms with E-state index in [1.807, 2.05) is 6.92 Å². The molecular weight excluding hydrogens is 228 g/mol. The van der Waals surface area contributed by atoms with Crippen LogP contribution < -0.4 is 10.6 Å². The molecule has 0 aromatic heterocycles. The van der Waals surface area contributed by atoms with Crippen LogP contribution in [0.25, 0.3) is 0 Å². The molecule has 2 unspecified atom stereocenters. The second-order valence-corrected chi connectivity index (χ2v) is 3.91. The lowest BCUT2D eigenvalue weighted by atomic mass is 10.0. The van der Waals surface area contributed by atoms with Crippen LogP contribution in [-0.4, -0.2) is 38.8 Å². The maximum absolute atomic E-state index is 11.4. The van der Waals surface area contributed by atoms with Crippen LogP contribution in [0.2, 0.25) is 0 Å². The van der Waals surface area contributed by atoms with Crippen molar-refractivity contribution >= 4 is 18.3 Å². The Balaban J connectivity index is 0. The monoisotopic (exact) mass is 252 g/mol. The highest BCUT2D eigenvalue weighted by Crippen LogP contribution is 2.05. The Morgan fingerprint density at radius 1 is 1.38 bits per heavy atom. The summed E-state index contributed by atoms with van der Waals surface area (Å²) in [5, 5.41) is 5.98. The quantitative estimate of drug-likeness (QED) is 0.639. The number of amides is 1. The molecule has 4 nitrogen and oxygen atoms in total. The first kappa shape index (κ1) is 18.1. The number of ether oxygens (including phenoxy) is 1. The first-order chi connectivity index (χ1) is 7.11. The fourth-order valence-corrected chi connectivity index (χ4v) is 1.18. The van der Waals surface area contributed by atoms with Gasteiger partial charge in [0.05, 0.1) is 13.2 Å². The van der Waals surface area contributed by atoms with E-state index in [1.165, 1.54) is 0 Å². The first-order valence-corrected chi connectivity index (χ1v) is 5.60. The van der Waals surface area contributed by atoms with Gasteiger partial charge in [0.25, 0.3) is 0 Å². The van der Waals surface area contributed by atoms with Crippen molar-refractivity contribution in [3.05, 3.63) is 0 Å². The van der Waals surface area contributed by atoms with Gasteiger partial charge in [-0.1, -0.05) is 20.3 Å². The molecule has 0 aliphatic carbocycles. The van der Waals surface area contributed by atoms with Crippen LogP contribution in [-0.2, 0) is 9.53 Å². The third-order valence-electron chi connectivity index (χ3n) is 2.65. The summed E-state index contributed by atoms with van der Waals surface area (Å²) in [6.45, 7) is 8.02. The Kier molecular flexibility index (Phi) is 12.6. The molecule has 1 amide bonds. The largest absolute Gasteiger partial charge is 0.383 e. The smallest absolute Gasteiger partial charge is 0.234 e. The highest BCUT2D eigenvalue weighted by atomic mass is 35.5. The Morgan fingerprint density at radius 3 is 2.50 bits per heavy atom. The molecule has 0 heterocycles. The van der Waals surface area contributed by atoms with Crippen molar-refractivity contribution < 1.29 is 9.53 Å². The van der Waals surface area contributed by atoms with Gasteiger partial charge in [-0.05, 0) is 12.8 Å². The van der Waals surface area contributed by atoms with E-state index in [4.69, 9.17) is 4.74 Å². The van der Waals surface area contributed by atoms with Crippen LogP contribution in [0.5, 0.6) is 0 Å². The van der Waals surface area contributed by atoms with Crippen LogP contribution in [0.1, 0.15) is 27.2 Å². The van der Waals surface area contributed by atoms with Gasteiger partial charge in [-0.3, -0.25) is 4.79 Å². The number of carbonyl (C=O) groups is 1. The average molecular weight is 253 g/mol. The number of hydrogen-bond acceptors (Lipinski definition) is 3. The zero-order valence-electron chi connectivity index (χ0n) is 10.7. The highest BCUT2D eigenvalue weighted by Gasteiger charge is 2.12. The predicted molar refractivity (Wildman–Crippen MR) is 69.1 cm³/mol. The van der Waals surface area contributed by atoms with Crippen molar-refractivity contribution in [3.8, 4) is 0 Å². The van der Waals surface area contributed by atoms with E-state index in [0.29, 0.717) is 25.6 Å². The van der Waals surface area contributed by atoms with Gasteiger partial charge in [0, 0.05) is 19.7 Å². The van der Waals surface area contributed by atoms with E-state index in [0.717, 1.165) is 6.42 Å². The van der Waals surface area contributed by atoms with Crippen LogP contribution in [0, 0.1) is 5.92 Å². The van der Waals surface area contributed by atoms with Gasteiger partial charge in [-0.25, -0.2) is 0 Å². The van der Waals surface area contributed by atoms with Gasteiger partial charge < -0.3 is 15.4 Å². The number of halogens is 1. The van der Waals surface area contributed by atoms with Crippen LogP contribution >= 0.6 is 12.4 Å². The summed E-state index contributed by atoms with van der Waals surface area (Å²) in [5.74, 6) is 0.576. The lowest BCUT2D eigenvalue weighted by Gasteiger charge is -2.19. The minimum atomic E-state index is 0. The van der Waals surface area contributed by atoms with Crippen molar-refractivity contribution in [3.63, 3.8) is 0 Å². The van der Waals surface area contributed by atoms with Crippen molar-refractivity contribution in [1.82, 2.24) is 10.6 Å². The summed E-state index contributed by atoms with van der Waals surface area (Å²) >= 11 is 0. The van der Waals surface area contributed by atoms with E-state index in [1.54, 1.807) is 7.11 Å². The molecule has 0 saturated heterocycles. The first-order valence-electron chi connectivity index (χ1n) is 5.60. The topological polar surface area (TPSA) is 50.4 Å². The fraction of sp³-hybridized carbons (Fsp3) is 0.909. The maximum atomic E-state index is 11.4. The molecule has 2 N–H and O–H groups in total. The molecule has 2 atom stereocenters. The summed E-state index contributed by atoms with van der Waals surface area (Å²) in [6.07, 6.45) is 1.08.